The number of nitrogens with zero attached hydrogens (tertiary/aromatic N) is 1. The molecule has 0 aliphatic rings. The predicted octanol–water partition coefficient (Wildman–Crippen LogP) is -0.279. The van der Waals surface area contributed by atoms with Crippen LogP contribution in [0.25, 0.3) is 0 Å². The number of aliphatic hydroxyl groups excluding tert-OH is 3. The highest BCUT2D eigenvalue weighted by Crippen LogP contribution is 2.18. The van der Waals surface area contributed by atoms with Crippen molar-refractivity contribution in [1.82, 2.24) is 4.90 Å². The fourth-order valence-corrected chi connectivity index (χ4v) is 1.81. The molecule has 20 heavy (non-hydrogen) atoms. The van der Waals surface area contributed by atoms with Crippen LogP contribution in [0.3, 0.4) is 0 Å². The molecule has 0 aliphatic heterocycles. The SMILES string of the molecule is COc1cccc(OC[C@H](O)CN(CCO)CCO)c1. The van der Waals surface area contributed by atoms with Gasteiger partial charge in [0.25, 0.3) is 0 Å². The number of hydrogen-bond acceptors (Lipinski definition) is 6. The van der Waals surface area contributed by atoms with E-state index in [-0.39, 0.29) is 19.8 Å². The van der Waals surface area contributed by atoms with Gasteiger partial charge in [-0.3, -0.25) is 4.90 Å². The molecule has 6 heteroatoms. The van der Waals surface area contributed by atoms with Crippen molar-refractivity contribution < 1.29 is 24.8 Å². The lowest BCUT2D eigenvalue weighted by atomic mass is 10.3. The zero-order valence-corrected chi connectivity index (χ0v) is 11.7. The van der Waals surface area contributed by atoms with E-state index in [4.69, 9.17) is 19.7 Å². The van der Waals surface area contributed by atoms with Gasteiger partial charge in [0.2, 0.25) is 0 Å². The van der Waals surface area contributed by atoms with E-state index in [9.17, 15) is 5.11 Å². The van der Waals surface area contributed by atoms with Crippen LogP contribution in [0.15, 0.2) is 24.3 Å². The Morgan fingerprint density at radius 3 is 2.40 bits per heavy atom. The standard InChI is InChI=1S/C14H23NO5/c1-19-13-3-2-4-14(9-13)20-11-12(18)10-15(5-7-16)6-8-17/h2-4,9,12,16-18H,5-8,10-11H2,1H3/t12-/m1/s1. The Bertz CT molecular complexity index is 368. The van der Waals surface area contributed by atoms with Crippen molar-refractivity contribution in [3.05, 3.63) is 24.3 Å². The maximum Gasteiger partial charge on any atom is 0.123 e. The minimum absolute atomic E-state index is 0.0105. The molecule has 114 valence electrons. The van der Waals surface area contributed by atoms with Crippen LogP contribution in [0.2, 0.25) is 0 Å². The zero-order valence-electron chi connectivity index (χ0n) is 11.7. The Morgan fingerprint density at radius 2 is 1.80 bits per heavy atom. The Labute approximate surface area is 119 Å². The molecule has 0 bridgehead atoms. The molecule has 0 fully saturated rings. The fourth-order valence-electron chi connectivity index (χ4n) is 1.81. The molecule has 0 radical (unpaired) electrons. The lowest BCUT2D eigenvalue weighted by Crippen LogP contribution is -2.38. The molecule has 3 N–H and O–H groups in total. The van der Waals surface area contributed by atoms with E-state index in [1.807, 2.05) is 12.1 Å². The molecular formula is C14H23NO5. The van der Waals surface area contributed by atoms with Gasteiger partial charge in [0.1, 0.15) is 24.2 Å². The third kappa shape index (κ3) is 6.21. The smallest absolute Gasteiger partial charge is 0.123 e. The lowest BCUT2D eigenvalue weighted by molar-refractivity contribution is 0.0551. The number of benzene rings is 1. The van der Waals surface area contributed by atoms with Gasteiger partial charge in [0.15, 0.2) is 0 Å². The Morgan fingerprint density at radius 1 is 1.15 bits per heavy atom. The van der Waals surface area contributed by atoms with E-state index in [1.165, 1.54) is 0 Å². The quantitative estimate of drug-likeness (QED) is 0.548. The summed E-state index contributed by atoms with van der Waals surface area (Å²) < 4.78 is 10.6. The predicted molar refractivity (Wildman–Crippen MR) is 75.1 cm³/mol. The van der Waals surface area contributed by atoms with Gasteiger partial charge in [-0.15, -0.1) is 0 Å². The third-order valence-electron chi connectivity index (χ3n) is 2.78. The molecule has 6 nitrogen and oxygen atoms in total. The van der Waals surface area contributed by atoms with Crippen LogP contribution in [0.5, 0.6) is 11.5 Å². The van der Waals surface area contributed by atoms with Crippen molar-refractivity contribution in [3.63, 3.8) is 0 Å². The molecule has 0 aromatic heterocycles. The zero-order chi connectivity index (χ0) is 14.8. The van der Waals surface area contributed by atoms with Gasteiger partial charge in [0, 0.05) is 25.7 Å². The minimum Gasteiger partial charge on any atom is -0.497 e. The average Bonchev–Trinajstić information content (AvgIpc) is 2.46. The third-order valence-corrected chi connectivity index (χ3v) is 2.78. The van der Waals surface area contributed by atoms with E-state index in [0.29, 0.717) is 31.1 Å². The molecular weight excluding hydrogens is 262 g/mol. The molecule has 1 atom stereocenters. The normalized spacial score (nSPS) is 12.4. The van der Waals surface area contributed by atoms with Crippen LogP contribution in [0.4, 0.5) is 0 Å². The number of rotatable bonds is 10. The molecule has 1 aromatic carbocycles. The summed E-state index contributed by atoms with van der Waals surface area (Å²) in [5.41, 5.74) is 0. The molecule has 0 aliphatic carbocycles. The monoisotopic (exact) mass is 285 g/mol. The van der Waals surface area contributed by atoms with Gasteiger partial charge in [-0.1, -0.05) is 6.07 Å². The summed E-state index contributed by atoms with van der Waals surface area (Å²) in [5, 5.41) is 27.7. The minimum atomic E-state index is -0.695. The second-order valence-corrected chi connectivity index (χ2v) is 4.39. The average molecular weight is 285 g/mol. The summed E-state index contributed by atoms with van der Waals surface area (Å²) in [7, 11) is 1.58. The number of ether oxygens (including phenoxy) is 2. The van der Waals surface area contributed by atoms with Gasteiger partial charge in [-0.2, -0.15) is 0 Å². The van der Waals surface area contributed by atoms with Crippen LogP contribution in [-0.4, -0.2) is 72.9 Å². The molecule has 0 unspecified atom stereocenters. The first-order valence-electron chi connectivity index (χ1n) is 6.58. The second kappa shape index (κ2) is 9.55. The van der Waals surface area contributed by atoms with Crippen molar-refractivity contribution in [1.29, 1.82) is 0 Å². The highest BCUT2D eigenvalue weighted by molar-refractivity contribution is 5.32. The molecule has 0 spiro atoms. The second-order valence-electron chi connectivity index (χ2n) is 4.39. The Balaban J connectivity index is 2.39. The first-order chi connectivity index (χ1) is 9.69. The molecule has 1 rings (SSSR count). The van der Waals surface area contributed by atoms with Crippen molar-refractivity contribution in [2.75, 3.05) is 46.6 Å². The van der Waals surface area contributed by atoms with Crippen LogP contribution in [-0.2, 0) is 0 Å². The van der Waals surface area contributed by atoms with Crippen LogP contribution >= 0.6 is 0 Å². The lowest BCUT2D eigenvalue weighted by Gasteiger charge is -2.23. The molecule has 1 aromatic rings. The first kappa shape index (κ1) is 16.7. The summed E-state index contributed by atoms with van der Waals surface area (Å²) in [6, 6.07) is 7.15. The van der Waals surface area contributed by atoms with E-state index in [0.717, 1.165) is 0 Å². The number of aliphatic hydroxyl groups is 3. The van der Waals surface area contributed by atoms with Crippen molar-refractivity contribution in [2.24, 2.45) is 0 Å². The molecule has 0 saturated heterocycles. The van der Waals surface area contributed by atoms with E-state index in [2.05, 4.69) is 0 Å². The fraction of sp³-hybridized carbons (Fsp3) is 0.571. The largest absolute Gasteiger partial charge is 0.497 e. The Hall–Kier alpha value is -1.34. The van der Waals surface area contributed by atoms with Gasteiger partial charge < -0.3 is 24.8 Å². The first-order valence-corrected chi connectivity index (χ1v) is 6.58. The summed E-state index contributed by atoms with van der Waals surface area (Å²) >= 11 is 0. The van der Waals surface area contributed by atoms with Crippen molar-refractivity contribution in [2.45, 2.75) is 6.10 Å². The van der Waals surface area contributed by atoms with Gasteiger partial charge in [-0.05, 0) is 12.1 Å². The summed E-state index contributed by atoms with van der Waals surface area (Å²) in [6.45, 7) is 1.28. The van der Waals surface area contributed by atoms with E-state index < -0.39 is 6.10 Å². The van der Waals surface area contributed by atoms with E-state index >= 15 is 0 Å². The Kier molecular flexibility index (Phi) is 7.98. The van der Waals surface area contributed by atoms with Crippen LogP contribution in [0, 0.1) is 0 Å². The van der Waals surface area contributed by atoms with Gasteiger partial charge in [0.05, 0.1) is 20.3 Å². The van der Waals surface area contributed by atoms with Crippen LogP contribution in [0.1, 0.15) is 0 Å². The maximum atomic E-state index is 9.90. The van der Waals surface area contributed by atoms with Crippen LogP contribution < -0.4 is 9.47 Å². The summed E-state index contributed by atoms with van der Waals surface area (Å²) in [5.74, 6) is 1.32. The maximum absolute atomic E-state index is 9.90. The molecule has 0 amide bonds. The molecule has 0 saturated carbocycles. The summed E-state index contributed by atoms with van der Waals surface area (Å²) in [6.07, 6.45) is -0.695. The highest BCUT2D eigenvalue weighted by Gasteiger charge is 2.12. The number of methoxy groups -OCH3 is 1. The topological polar surface area (TPSA) is 82.4 Å². The molecule has 0 heterocycles. The van der Waals surface area contributed by atoms with Crippen molar-refractivity contribution >= 4 is 0 Å². The van der Waals surface area contributed by atoms with Crippen molar-refractivity contribution in [3.8, 4) is 11.5 Å². The summed E-state index contributed by atoms with van der Waals surface area (Å²) in [4.78, 5) is 1.78. The van der Waals surface area contributed by atoms with E-state index in [1.54, 1.807) is 24.1 Å². The highest BCUT2D eigenvalue weighted by atomic mass is 16.5. The van der Waals surface area contributed by atoms with Gasteiger partial charge in [-0.25, -0.2) is 0 Å². The van der Waals surface area contributed by atoms with Gasteiger partial charge >= 0.3 is 0 Å². The number of hydrogen-bond donors (Lipinski definition) is 3.